The molecule has 1 atom stereocenters. The quantitative estimate of drug-likeness (QED) is 0.897. The highest BCUT2D eigenvalue weighted by Crippen LogP contribution is 2.25. The van der Waals surface area contributed by atoms with Crippen LogP contribution >= 0.6 is 0 Å². The van der Waals surface area contributed by atoms with Crippen LogP contribution in [0.2, 0.25) is 0 Å². The molecule has 0 saturated carbocycles. The Hall–Kier alpha value is -1.10. The van der Waals surface area contributed by atoms with Crippen molar-refractivity contribution < 1.29 is 4.74 Å². The van der Waals surface area contributed by atoms with Crippen LogP contribution in [0.25, 0.3) is 0 Å². The Morgan fingerprint density at radius 3 is 2.55 bits per heavy atom. The van der Waals surface area contributed by atoms with Gasteiger partial charge in [-0.1, -0.05) is 12.1 Å². The van der Waals surface area contributed by atoms with Crippen LogP contribution in [-0.4, -0.2) is 62.2 Å². The number of hydrogen-bond donors (Lipinski definition) is 1. The van der Waals surface area contributed by atoms with Gasteiger partial charge in [-0.2, -0.15) is 0 Å². The normalized spacial score (nSPS) is 23.3. The molecule has 2 heterocycles. The van der Waals surface area contributed by atoms with E-state index in [0.29, 0.717) is 6.04 Å². The Kier molecular flexibility index (Phi) is 4.24. The molecule has 2 aliphatic rings. The monoisotopic (exact) mass is 275 g/mol. The van der Waals surface area contributed by atoms with Crippen LogP contribution in [0.5, 0.6) is 5.75 Å². The van der Waals surface area contributed by atoms with Gasteiger partial charge in [0.15, 0.2) is 0 Å². The third kappa shape index (κ3) is 2.82. The highest BCUT2D eigenvalue weighted by atomic mass is 16.5. The van der Waals surface area contributed by atoms with E-state index >= 15 is 0 Å². The minimum Gasteiger partial charge on any atom is -0.497 e. The van der Waals surface area contributed by atoms with E-state index in [1.807, 2.05) is 6.07 Å². The molecule has 2 saturated heterocycles. The standard InChI is InChI=1S/C16H25N3O/c1-13(14-4-3-5-16(10-14)20-2)18-6-8-19(9-7-18)15-11-17-12-15/h3-5,10,13,15,17H,6-9,11-12H2,1-2H3. The van der Waals surface area contributed by atoms with Gasteiger partial charge in [-0.25, -0.2) is 0 Å². The maximum absolute atomic E-state index is 5.33. The second-order valence-corrected chi connectivity index (χ2v) is 5.84. The van der Waals surface area contributed by atoms with E-state index in [9.17, 15) is 0 Å². The third-order valence-corrected chi connectivity index (χ3v) is 4.75. The fourth-order valence-electron chi connectivity index (χ4n) is 3.13. The second-order valence-electron chi connectivity index (χ2n) is 5.84. The van der Waals surface area contributed by atoms with Crippen LogP contribution in [0.15, 0.2) is 24.3 Å². The average Bonchev–Trinajstić information content (AvgIpc) is 2.45. The lowest BCUT2D eigenvalue weighted by Gasteiger charge is -2.44. The summed E-state index contributed by atoms with van der Waals surface area (Å²) in [6.07, 6.45) is 0. The van der Waals surface area contributed by atoms with Crippen LogP contribution in [0, 0.1) is 0 Å². The van der Waals surface area contributed by atoms with Crippen molar-refractivity contribution in [2.75, 3.05) is 46.4 Å². The van der Waals surface area contributed by atoms with Gasteiger partial charge < -0.3 is 10.1 Å². The SMILES string of the molecule is COc1cccc(C(C)N2CCN(C3CNC3)CC2)c1. The van der Waals surface area contributed by atoms with Gasteiger partial charge >= 0.3 is 0 Å². The molecule has 0 amide bonds. The Bertz CT molecular complexity index is 439. The zero-order valence-corrected chi connectivity index (χ0v) is 12.5. The fourth-order valence-corrected chi connectivity index (χ4v) is 3.13. The van der Waals surface area contributed by atoms with Gasteiger partial charge in [0, 0.05) is 51.4 Å². The number of nitrogens with zero attached hydrogens (tertiary/aromatic N) is 2. The molecule has 0 spiro atoms. The molecular formula is C16H25N3O. The molecule has 4 heteroatoms. The molecule has 20 heavy (non-hydrogen) atoms. The lowest BCUT2D eigenvalue weighted by atomic mass is 10.0. The predicted octanol–water partition coefficient (Wildman–Crippen LogP) is 1.35. The Balaban J connectivity index is 1.58. The second kappa shape index (κ2) is 6.12. The Morgan fingerprint density at radius 2 is 1.95 bits per heavy atom. The average molecular weight is 275 g/mol. The number of methoxy groups -OCH3 is 1. The predicted molar refractivity (Wildman–Crippen MR) is 81.2 cm³/mol. The first-order chi connectivity index (χ1) is 9.78. The van der Waals surface area contributed by atoms with E-state index in [-0.39, 0.29) is 0 Å². The van der Waals surface area contributed by atoms with Crippen molar-refractivity contribution in [1.82, 2.24) is 15.1 Å². The summed E-state index contributed by atoms with van der Waals surface area (Å²) in [5, 5.41) is 3.36. The van der Waals surface area contributed by atoms with E-state index in [0.717, 1.165) is 24.9 Å². The van der Waals surface area contributed by atoms with Gasteiger partial charge in [-0.15, -0.1) is 0 Å². The Labute approximate surface area is 121 Å². The molecule has 110 valence electrons. The molecule has 2 aliphatic heterocycles. The van der Waals surface area contributed by atoms with Gasteiger partial charge in [-0.05, 0) is 24.6 Å². The maximum Gasteiger partial charge on any atom is 0.119 e. The summed E-state index contributed by atoms with van der Waals surface area (Å²) in [7, 11) is 1.73. The molecule has 3 rings (SSSR count). The molecule has 1 N–H and O–H groups in total. The van der Waals surface area contributed by atoms with Crippen LogP contribution in [0.1, 0.15) is 18.5 Å². The van der Waals surface area contributed by atoms with E-state index in [4.69, 9.17) is 4.74 Å². The van der Waals surface area contributed by atoms with Crippen molar-refractivity contribution in [2.45, 2.75) is 19.0 Å². The van der Waals surface area contributed by atoms with Crippen LogP contribution < -0.4 is 10.1 Å². The van der Waals surface area contributed by atoms with Crippen LogP contribution in [0.3, 0.4) is 0 Å². The van der Waals surface area contributed by atoms with Crippen LogP contribution in [-0.2, 0) is 0 Å². The molecular weight excluding hydrogens is 250 g/mol. The maximum atomic E-state index is 5.33. The summed E-state index contributed by atoms with van der Waals surface area (Å²) in [6.45, 7) is 9.36. The number of ether oxygens (including phenoxy) is 1. The lowest BCUT2D eigenvalue weighted by Crippen LogP contribution is -2.61. The molecule has 0 aliphatic carbocycles. The fraction of sp³-hybridized carbons (Fsp3) is 0.625. The number of nitrogens with one attached hydrogen (secondary N) is 1. The molecule has 0 bridgehead atoms. The third-order valence-electron chi connectivity index (χ3n) is 4.75. The smallest absolute Gasteiger partial charge is 0.119 e. The van der Waals surface area contributed by atoms with Crippen molar-refractivity contribution in [3.8, 4) is 5.75 Å². The van der Waals surface area contributed by atoms with Gasteiger partial charge in [0.05, 0.1) is 7.11 Å². The molecule has 0 aromatic heterocycles. The highest BCUT2D eigenvalue weighted by Gasteiger charge is 2.29. The van der Waals surface area contributed by atoms with E-state index in [1.54, 1.807) is 7.11 Å². The van der Waals surface area contributed by atoms with Gasteiger partial charge in [0.1, 0.15) is 5.75 Å². The summed E-state index contributed by atoms with van der Waals surface area (Å²) in [4.78, 5) is 5.21. The van der Waals surface area contributed by atoms with E-state index < -0.39 is 0 Å². The number of rotatable bonds is 4. The minimum atomic E-state index is 0.465. The zero-order valence-electron chi connectivity index (χ0n) is 12.5. The molecule has 0 radical (unpaired) electrons. The van der Waals surface area contributed by atoms with Gasteiger partial charge in [-0.3, -0.25) is 9.80 Å². The number of hydrogen-bond acceptors (Lipinski definition) is 4. The molecule has 2 fully saturated rings. The van der Waals surface area contributed by atoms with Crippen molar-refractivity contribution in [3.63, 3.8) is 0 Å². The van der Waals surface area contributed by atoms with Crippen molar-refractivity contribution in [1.29, 1.82) is 0 Å². The summed E-state index contributed by atoms with van der Waals surface area (Å²) >= 11 is 0. The molecule has 1 unspecified atom stereocenters. The van der Waals surface area contributed by atoms with Gasteiger partial charge in [0.2, 0.25) is 0 Å². The van der Waals surface area contributed by atoms with Crippen molar-refractivity contribution in [3.05, 3.63) is 29.8 Å². The van der Waals surface area contributed by atoms with Crippen molar-refractivity contribution >= 4 is 0 Å². The van der Waals surface area contributed by atoms with E-state index in [1.165, 1.54) is 31.7 Å². The zero-order chi connectivity index (χ0) is 13.9. The largest absolute Gasteiger partial charge is 0.497 e. The summed E-state index contributed by atoms with van der Waals surface area (Å²) < 4.78 is 5.33. The van der Waals surface area contributed by atoms with Gasteiger partial charge in [0.25, 0.3) is 0 Å². The topological polar surface area (TPSA) is 27.7 Å². The number of benzene rings is 1. The first kappa shape index (κ1) is 13.9. The summed E-state index contributed by atoms with van der Waals surface area (Å²) in [5.41, 5.74) is 1.35. The van der Waals surface area contributed by atoms with E-state index in [2.05, 4.69) is 40.2 Å². The van der Waals surface area contributed by atoms with Crippen molar-refractivity contribution in [2.24, 2.45) is 0 Å². The summed E-state index contributed by atoms with van der Waals surface area (Å²) in [5.74, 6) is 0.952. The highest BCUT2D eigenvalue weighted by molar-refractivity contribution is 5.30. The minimum absolute atomic E-state index is 0.465. The molecule has 1 aromatic rings. The van der Waals surface area contributed by atoms with Crippen LogP contribution in [0.4, 0.5) is 0 Å². The molecule has 1 aromatic carbocycles. The Morgan fingerprint density at radius 1 is 1.20 bits per heavy atom. The summed E-state index contributed by atoms with van der Waals surface area (Å²) in [6, 6.07) is 9.71. The number of piperazine rings is 1. The molecule has 4 nitrogen and oxygen atoms in total. The first-order valence-corrected chi connectivity index (χ1v) is 7.60. The first-order valence-electron chi connectivity index (χ1n) is 7.60. The lowest BCUT2D eigenvalue weighted by molar-refractivity contribution is 0.0552.